The van der Waals surface area contributed by atoms with Gasteiger partial charge in [-0.05, 0) is 32.0 Å². The van der Waals surface area contributed by atoms with Gasteiger partial charge in [0.25, 0.3) is 5.91 Å². The molecule has 0 atom stereocenters. The van der Waals surface area contributed by atoms with Gasteiger partial charge >= 0.3 is 5.97 Å². The molecule has 0 aliphatic heterocycles. The Morgan fingerprint density at radius 3 is 2.46 bits per heavy atom. The summed E-state index contributed by atoms with van der Waals surface area (Å²) in [6.07, 6.45) is 1.04. The molecule has 0 saturated carbocycles. The molecule has 0 radical (unpaired) electrons. The van der Waals surface area contributed by atoms with Crippen LogP contribution in [-0.2, 0) is 19.4 Å². The van der Waals surface area contributed by atoms with Gasteiger partial charge in [0, 0.05) is 6.26 Å². The summed E-state index contributed by atoms with van der Waals surface area (Å²) >= 11 is 0. The van der Waals surface area contributed by atoms with Crippen LogP contribution in [0.2, 0.25) is 0 Å². The summed E-state index contributed by atoms with van der Waals surface area (Å²) in [5.74, 6) is -0.362. The topological polar surface area (TPSA) is 103 Å². The lowest BCUT2D eigenvalue weighted by Crippen LogP contribution is -2.22. The van der Waals surface area contributed by atoms with Gasteiger partial charge in [0.15, 0.2) is 16.4 Å². The van der Waals surface area contributed by atoms with Crippen molar-refractivity contribution in [3.63, 3.8) is 0 Å². The highest BCUT2D eigenvalue weighted by Crippen LogP contribution is 2.20. The number of rotatable bonds is 5. The van der Waals surface area contributed by atoms with Crippen molar-refractivity contribution in [2.75, 3.05) is 18.2 Å². The van der Waals surface area contributed by atoms with E-state index in [0.717, 1.165) is 6.26 Å². The molecule has 1 aromatic carbocycles. The van der Waals surface area contributed by atoms with Crippen molar-refractivity contribution in [2.24, 2.45) is 0 Å². The standard InChI is InChI=1S/C16H17NO6S/c1-10-8-12(11(2)23-10)16(19)22-9-15(18)17-13-6-4-5-7-14(13)24(3,20)21/h4-8H,9H2,1-3H3,(H,17,18). The summed E-state index contributed by atoms with van der Waals surface area (Å²) in [5.41, 5.74) is 0.383. The van der Waals surface area contributed by atoms with Gasteiger partial charge in [0.05, 0.1) is 10.6 Å². The summed E-state index contributed by atoms with van der Waals surface area (Å²) in [6.45, 7) is 2.77. The lowest BCUT2D eigenvalue weighted by molar-refractivity contribution is -0.119. The molecule has 1 heterocycles. The van der Waals surface area contributed by atoms with Crippen LogP contribution in [0.4, 0.5) is 5.69 Å². The molecule has 0 saturated heterocycles. The van der Waals surface area contributed by atoms with E-state index in [2.05, 4.69) is 5.32 Å². The average Bonchev–Trinajstić information content (AvgIpc) is 2.83. The van der Waals surface area contributed by atoms with Crippen LogP contribution in [-0.4, -0.2) is 33.2 Å². The number of anilines is 1. The maximum Gasteiger partial charge on any atom is 0.342 e. The van der Waals surface area contributed by atoms with Gasteiger partial charge < -0.3 is 14.5 Å². The molecule has 0 bridgehead atoms. The molecule has 0 spiro atoms. The smallest absolute Gasteiger partial charge is 0.342 e. The molecule has 24 heavy (non-hydrogen) atoms. The number of para-hydroxylation sites is 1. The number of hydrogen-bond acceptors (Lipinski definition) is 6. The van der Waals surface area contributed by atoms with Crippen molar-refractivity contribution < 1.29 is 27.2 Å². The lowest BCUT2D eigenvalue weighted by Gasteiger charge is -2.09. The highest BCUT2D eigenvalue weighted by molar-refractivity contribution is 7.90. The minimum absolute atomic E-state index is 0.00835. The number of nitrogens with one attached hydrogen (secondary N) is 1. The van der Waals surface area contributed by atoms with Crippen molar-refractivity contribution in [3.8, 4) is 0 Å². The number of amides is 1. The molecule has 8 heteroatoms. The zero-order chi connectivity index (χ0) is 17.9. The van der Waals surface area contributed by atoms with Crippen LogP contribution < -0.4 is 5.32 Å². The summed E-state index contributed by atoms with van der Waals surface area (Å²) < 4.78 is 33.5. The Labute approximate surface area is 139 Å². The summed E-state index contributed by atoms with van der Waals surface area (Å²) in [6, 6.07) is 7.51. The van der Waals surface area contributed by atoms with E-state index in [1.807, 2.05) is 0 Å². The number of carbonyl (C=O) groups excluding carboxylic acids is 2. The van der Waals surface area contributed by atoms with E-state index in [1.54, 1.807) is 26.0 Å². The van der Waals surface area contributed by atoms with Crippen molar-refractivity contribution >= 4 is 27.4 Å². The van der Waals surface area contributed by atoms with E-state index in [4.69, 9.17) is 9.15 Å². The molecule has 1 amide bonds. The van der Waals surface area contributed by atoms with Crippen LogP contribution in [0, 0.1) is 13.8 Å². The fourth-order valence-electron chi connectivity index (χ4n) is 2.12. The Kier molecular flexibility index (Phi) is 5.08. The van der Waals surface area contributed by atoms with Crippen LogP contribution in [0.15, 0.2) is 39.6 Å². The Morgan fingerprint density at radius 2 is 1.88 bits per heavy atom. The second kappa shape index (κ2) is 6.88. The second-order valence-electron chi connectivity index (χ2n) is 5.22. The number of furan rings is 1. The zero-order valence-electron chi connectivity index (χ0n) is 13.5. The highest BCUT2D eigenvalue weighted by Gasteiger charge is 2.18. The van der Waals surface area contributed by atoms with Gasteiger partial charge in [-0.2, -0.15) is 0 Å². The molecule has 7 nitrogen and oxygen atoms in total. The SMILES string of the molecule is Cc1cc(C(=O)OCC(=O)Nc2ccccc2S(C)(=O)=O)c(C)o1. The number of ether oxygens (including phenoxy) is 1. The number of carbonyl (C=O) groups is 2. The second-order valence-corrected chi connectivity index (χ2v) is 7.20. The molecular weight excluding hydrogens is 334 g/mol. The van der Waals surface area contributed by atoms with E-state index < -0.39 is 28.3 Å². The molecule has 0 unspecified atom stereocenters. The van der Waals surface area contributed by atoms with E-state index in [-0.39, 0.29) is 16.1 Å². The van der Waals surface area contributed by atoms with Crippen LogP contribution >= 0.6 is 0 Å². The fourth-order valence-corrected chi connectivity index (χ4v) is 2.97. The first-order valence-corrected chi connectivity index (χ1v) is 8.90. The van der Waals surface area contributed by atoms with Gasteiger partial charge in [-0.25, -0.2) is 13.2 Å². The van der Waals surface area contributed by atoms with Gasteiger partial charge in [0.1, 0.15) is 17.1 Å². The maximum atomic E-state index is 11.9. The third-order valence-corrected chi connectivity index (χ3v) is 4.31. The number of hydrogen-bond donors (Lipinski definition) is 1. The minimum Gasteiger partial charge on any atom is -0.466 e. The van der Waals surface area contributed by atoms with Gasteiger partial charge in [-0.3, -0.25) is 4.79 Å². The van der Waals surface area contributed by atoms with Crippen molar-refractivity contribution in [1.82, 2.24) is 0 Å². The van der Waals surface area contributed by atoms with E-state index in [1.165, 1.54) is 18.2 Å². The van der Waals surface area contributed by atoms with Gasteiger partial charge in [0.2, 0.25) is 0 Å². The quantitative estimate of drug-likeness (QED) is 0.828. The summed E-state index contributed by atoms with van der Waals surface area (Å²) in [5, 5.41) is 2.42. The average molecular weight is 351 g/mol. The van der Waals surface area contributed by atoms with Crippen molar-refractivity contribution in [2.45, 2.75) is 18.7 Å². The van der Waals surface area contributed by atoms with Crippen molar-refractivity contribution in [3.05, 3.63) is 47.4 Å². The highest BCUT2D eigenvalue weighted by atomic mass is 32.2. The van der Waals surface area contributed by atoms with Crippen LogP contribution in [0.5, 0.6) is 0 Å². The molecular formula is C16H17NO6S. The molecule has 2 aromatic rings. The molecule has 0 aliphatic rings. The monoisotopic (exact) mass is 351 g/mol. The number of aryl methyl sites for hydroxylation is 2. The van der Waals surface area contributed by atoms with E-state index in [0.29, 0.717) is 11.5 Å². The molecule has 128 valence electrons. The van der Waals surface area contributed by atoms with Gasteiger partial charge in [-0.1, -0.05) is 12.1 Å². The molecule has 0 aliphatic carbocycles. The van der Waals surface area contributed by atoms with Crippen LogP contribution in [0.3, 0.4) is 0 Å². The lowest BCUT2D eigenvalue weighted by atomic mass is 10.2. The normalized spacial score (nSPS) is 11.1. The van der Waals surface area contributed by atoms with E-state index in [9.17, 15) is 18.0 Å². The first-order chi connectivity index (χ1) is 11.2. The summed E-state index contributed by atoms with van der Waals surface area (Å²) in [7, 11) is -3.49. The largest absolute Gasteiger partial charge is 0.466 e. The van der Waals surface area contributed by atoms with Crippen LogP contribution in [0.25, 0.3) is 0 Å². The predicted octanol–water partition coefficient (Wildman–Crippen LogP) is 2.10. The van der Waals surface area contributed by atoms with E-state index >= 15 is 0 Å². The fraction of sp³-hybridized carbons (Fsp3) is 0.250. The number of benzene rings is 1. The molecule has 0 fully saturated rings. The number of sulfone groups is 1. The Hall–Kier alpha value is -2.61. The predicted molar refractivity (Wildman–Crippen MR) is 86.6 cm³/mol. The summed E-state index contributed by atoms with van der Waals surface area (Å²) in [4.78, 5) is 23.8. The zero-order valence-corrected chi connectivity index (χ0v) is 14.3. The third kappa shape index (κ3) is 4.23. The van der Waals surface area contributed by atoms with Crippen molar-refractivity contribution in [1.29, 1.82) is 0 Å². The maximum absolute atomic E-state index is 11.9. The van der Waals surface area contributed by atoms with Crippen LogP contribution in [0.1, 0.15) is 21.9 Å². The Bertz CT molecular complexity index is 882. The molecule has 1 aromatic heterocycles. The first kappa shape index (κ1) is 17.7. The number of esters is 1. The first-order valence-electron chi connectivity index (χ1n) is 7.01. The third-order valence-electron chi connectivity index (χ3n) is 3.16. The van der Waals surface area contributed by atoms with Gasteiger partial charge in [-0.15, -0.1) is 0 Å². The minimum atomic E-state index is -3.49. The molecule has 1 N–H and O–H groups in total. The molecule has 2 rings (SSSR count). The Balaban J connectivity index is 2.02. The Morgan fingerprint density at radius 1 is 1.21 bits per heavy atom.